The van der Waals surface area contributed by atoms with Gasteiger partial charge in [-0.05, 0) is 55.9 Å². The predicted octanol–water partition coefficient (Wildman–Crippen LogP) is 2.89. The number of ether oxygens (including phenoxy) is 1. The van der Waals surface area contributed by atoms with Crippen LogP contribution in [0.25, 0.3) is 5.57 Å². The van der Waals surface area contributed by atoms with E-state index in [4.69, 9.17) is 4.74 Å². The van der Waals surface area contributed by atoms with E-state index in [1.54, 1.807) is 24.9 Å². The Balaban J connectivity index is 2.09. The van der Waals surface area contributed by atoms with Crippen LogP contribution in [0.15, 0.2) is 29.2 Å². The number of aliphatic hydroxyl groups excluding tert-OH is 1. The minimum Gasteiger partial charge on any atom is -0.487 e. The minimum absolute atomic E-state index is 0.0765. The second kappa shape index (κ2) is 9.71. The second-order valence-corrected chi connectivity index (χ2v) is 10.6. The maximum atomic E-state index is 13.5. The third kappa shape index (κ3) is 5.13. The molecular weight excluding hydrogens is 416 g/mol. The van der Waals surface area contributed by atoms with Crippen LogP contribution >= 0.6 is 0 Å². The molecule has 0 unspecified atom stereocenters. The molecule has 3 atom stereocenters. The van der Waals surface area contributed by atoms with Gasteiger partial charge in [0.1, 0.15) is 16.7 Å². The van der Waals surface area contributed by atoms with E-state index in [0.717, 1.165) is 24.8 Å². The molecule has 1 heterocycles. The molecule has 1 aromatic rings. The van der Waals surface area contributed by atoms with Gasteiger partial charge in [-0.2, -0.15) is 4.31 Å². The molecule has 0 radical (unpaired) electrons. The van der Waals surface area contributed by atoms with Gasteiger partial charge in [0.05, 0.1) is 13.2 Å². The largest absolute Gasteiger partial charge is 0.487 e. The number of sulfonamides is 1. The SMILES string of the molecule is CC(=O)N(C)C[C@H]1Oc2cc(C3=CCCCC3)ccc2S(=O)(=O)N([C@H](C)CO)C[C@@H]1C. The molecule has 3 rings (SSSR count). The fourth-order valence-electron chi connectivity index (χ4n) is 4.14. The molecule has 0 spiro atoms. The number of hydrogen-bond acceptors (Lipinski definition) is 5. The second-order valence-electron chi connectivity index (χ2n) is 8.78. The Bertz CT molecular complexity index is 943. The zero-order chi connectivity index (χ0) is 22.8. The molecule has 1 N–H and O–H groups in total. The van der Waals surface area contributed by atoms with Crippen molar-refractivity contribution < 1.29 is 23.1 Å². The first-order chi connectivity index (χ1) is 14.6. The number of fused-ring (bicyclic) bond motifs is 1. The lowest BCUT2D eigenvalue weighted by Crippen LogP contribution is -2.50. The summed E-state index contributed by atoms with van der Waals surface area (Å²) in [6, 6.07) is 4.73. The van der Waals surface area contributed by atoms with Crippen LogP contribution in [0.2, 0.25) is 0 Å². The maximum absolute atomic E-state index is 13.5. The van der Waals surface area contributed by atoms with Gasteiger partial charge in [-0.3, -0.25) is 4.79 Å². The molecule has 0 bridgehead atoms. The van der Waals surface area contributed by atoms with Crippen LogP contribution in [0.4, 0.5) is 0 Å². The van der Waals surface area contributed by atoms with Crippen molar-refractivity contribution in [1.29, 1.82) is 0 Å². The molecule has 0 aromatic heterocycles. The Morgan fingerprint density at radius 3 is 2.71 bits per heavy atom. The normalized spacial score (nSPS) is 24.7. The summed E-state index contributed by atoms with van der Waals surface area (Å²) in [6.45, 7) is 5.40. The smallest absolute Gasteiger partial charge is 0.247 e. The van der Waals surface area contributed by atoms with E-state index in [1.165, 1.54) is 23.2 Å². The van der Waals surface area contributed by atoms with Crippen LogP contribution in [0.3, 0.4) is 0 Å². The topological polar surface area (TPSA) is 87.2 Å². The molecule has 0 saturated heterocycles. The Morgan fingerprint density at radius 1 is 1.35 bits per heavy atom. The van der Waals surface area contributed by atoms with Crippen molar-refractivity contribution in [1.82, 2.24) is 9.21 Å². The van der Waals surface area contributed by atoms with Crippen LogP contribution in [-0.2, 0) is 14.8 Å². The number of carbonyl (C=O) groups excluding carboxylic acids is 1. The molecule has 1 aliphatic carbocycles. The summed E-state index contributed by atoms with van der Waals surface area (Å²) in [5.74, 6) is 0.0521. The number of hydrogen-bond donors (Lipinski definition) is 1. The Labute approximate surface area is 185 Å². The Kier molecular flexibility index (Phi) is 7.44. The highest BCUT2D eigenvalue weighted by molar-refractivity contribution is 7.89. The fourth-order valence-corrected chi connectivity index (χ4v) is 5.97. The average Bonchev–Trinajstić information content (AvgIpc) is 2.75. The summed E-state index contributed by atoms with van der Waals surface area (Å²) < 4.78 is 34.7. The molecule has 7 nitrogen and oxygen atoms in total. The van der Waals surface area contributed by atoms with E-state index in [0.29, 0.717) is 12.3 Å². The molecule has 31 heavy (non-hydrogen) atoms. The van der Waals surface area contributed by atoms with Crippen molar-refractivity contribution in [2.45, 2.75) is 63.5 Å². The third-order valence-electron chi connectivity index (χ3n) is 6.32. The molecule has 1 aromatic carbocycles. The highest BCUT2D eigenvalue weighted by atomic mass is 32.2. The van der Waals surface area contributed by atoms with Crippen LogP contribution in [-0.4, -0.2) is 67.5 Å². The van der Waals surface area contributed by atoms with Gasteiger partial charge in [0, 0.05) is 32.5 Å². The van der Waals surface area contributed by atoms with Crippen molar-refractivity contribution in [3.63, 3.8) is 0 Å². The molecule has 1 amide bonds. The number of allylic oxidation sites excluding steroid dienone is 2. The first kappa shape index (κ1) is 23.8. The van der Waals surface area contributed by atoms with Crippen LogP contribution in [0, 0.1) is 5.92 Å². The first-order valence-corrected chi connectivity index (χ1v) is 12.4. The standard InChI is InChI=1S/C23H34N2O5S/c1-16-13-25(17(2)15-26)31(28,29)23-11-10-20(19-8-6-5-7-9-19)12-21(23)30-22(16)14-24(4)18(3)27/h8,10-12,16-17,22,26H,5-7,9,13-15H2,1-4H3/t16-,17+,22+/m0/s1. The lowest BCUT2D eigenvalue weighted by atomic mass is 9.93. The van der Waals surface area contributed by atoms with E-state index >= 15 is 0 Å². The highest BCUT2D eigenvalue weighted by Crippen LogP contribution is 2.37. The minimum atomic E-state index is -3.85. The van der Waals surface area contributed by atoms with Gasteiger partial charge in [-0.1, -0.05) is 19.1 Å². The highest BCUT2D eigenvalue weighted by Gasteiger charge is 2.38. The number of nitrogens with zero attached hydrogens (tertiary/aromatic N) is 2. The van der Waals surface area contributed by atoms with Gasteiger partial charge >= 0.3 is 0 Å². The number of amides is 1. The lowest BCUT2D eigenvalue weighted by molar-refractivity contribution is -0.129. The fraction of sp³-hybridized carbons (Fsp3) is 0.609. The lowest BCUT2D eigenvalue weighted by Gasteiger charge is -2.37. The third-order valence-corrected chi connectivity index (χ3v) is 8.34. The predicted molar refractivity (Wildman–Crippen MR) is 120 cm³/mol. The number of benzene rings is 1. The van der Waals surface area contributed by atoms with Gasteiger partial charge in [-0.15, -0.1) is 0 Å². The maximum Gasteiger partial charge on any atom is 0.247 e. The van der Waals surface area contributed by atoms with E-state index in [2.05, 4.69) is 6.08 Å². The van der Waals surface area contributed by atoms with Crippen LogP contribution in [0.1, 0.15) is 52.0 Å². The van der Waals surface area contributed by atoms with E-state index in [9.17, 15) is 18.3 Å². The molecule has 0 fully saturated rings. The number of rotatable bonds is 5. The summed E-state index contributed by atoms with van der Waals surface area (Å²) in [5, 5.41) is 9.72. The van der Waals surface area contributed by atoms with Crippen LogP contribution < -0.4 is 4.74 Å². The number of likely N-dealkylation sites (N-methyl/N-ethyl adjacent to an activating group) is 1. The summed E-state index contributed by atoms with van der Waals surface area (Å²) in [5.41, 5.74) is 2.19. The number of aliphatic hydroxyl groups is 1. The quantitative estimate of drug-likeness (QED) is 0.745. The van der Waals surface area contributed by atoms with Gasteiger partial charge in [0.2, 0.25) is 15.9 Å². The van der Waals surface area contributed by atoms with E-state index < -0.39 is 16.1 Å². The van der Waals surface area contributed by atoms with Crippen LogP contribution in [0.5, 0.6) is 5.75 Å². The monoisotopic (exact) mass is 450 g/mol. The van der Waals surface area contributed by atoms with Gasteiger partial charge in [-0.25, -0.2) is 8.42 Å². The summed E-state index contributed by atoms with van der Waals surface area (Å²) in [6.07, 6.45) is 6.11. The molecule has 2 aliphatic rings. The molecule has 0 saturated carbocycles. The van der Waals surface area contributed by atoms with Gasteiger partial charge in [0.25, 0.3) is 0 Å². The van der Waals surface area contributed by atoms with E-state index in [-0.39, 0.29) is 36.0 Å². The summed E-state index contributed by atoms with van der Waals surface area (Å²) in [7, 11) is -2.14. The molecule has 172 valence electrons. The van der Waals surface area contributed by atoms with Crippen molar-refractivity contribution >= 4 is 21.5 Å². The molecular formula is C23H34N2O5S. The molecule has 8 heteroatoms. The van der Waals surface area contributed by atoms with Gasteiger partial charge < -0.3 is 14.7 Å². The van der Waals surface area contributed by atoms with Gasteiger partial charge in [0.15, 0.2) is 0 Å². The number of carbonyl (C=O) groups is 1. The van der Waals surface area contributed by atoms with E-state index in [1.807, 2.05) is 19.1 Å². The zero-order valence-electron chi connectivity index (χ0n) is 18.9. The van der Waals surface area contributed by atoms with Crippen molar-refractivity contribution in [2.75, 3.05) is 26.7 Å². The summed E-state index contributed by atoms with van der Waals surface area (Å²) >= 11 is 0. The molecule has 1 aliphatic heterocycles. The van der Waals surface area contributed by atoms with Crippen molar-refractivity contribution in [3.05, 3.63) is 29.8 Å². The zero-order valence-corrected chi connectivity index (χ0v) is 19.7. The first-order valence-electron chi connectivity index (χ1n) is 11.0. The van der Waals surface area contributed by atoms with Crippen molar-refractivity contribution in [3.8, 4) is 5.75 Å². The van der Waals surface area contributed by atoms with Crippen molar-refractivity contribution in [2.24, 2.45) is 5.92 Å². The Morgan fingerprint density at radius 2 is 2.10 bits per heavy atom. The Hall–Kier alpha value is -1.90. The summed E-state index contributed by atoms with van der Waals surface area (Å²) in [4.78, 5) is 13.5. The average molecular weight is 451 g/mol.